The molecule has 2 aromatic carbocycles. The van der Waals surface area contributed by atoms with Gasteiger partial charge in [-0.3, -0.25) is 4.79 Å². The third kappa shape index (κ3) is 2.89. The number of rotatable bonds is 3. The predicted octanol–water partition coefficient (Wildman–Crippen LogP) is 3.12. The lowest BCUT2D eigenvalue weighted by molar-refractivity contribution is -0.120. The van der Waals surface area contributed by atoms with E-state index < -0.39 is 5.54 Å². The predicted molar refractivity (Wildman–Crippen MR) is 82.5 cm³/mol. The van der Waals surface area contributed by atoms with Crippen molar-refractivity contribution in [3.05, 3.63) is 65.2 Å². The Morgan fingerprint density at radius 3 is 2.30 bits per heavy atom. The summed E-state index contributed by atoms with van der Waals surface area (Å²) < 4.78 is 0. The monoisotopic (exact) mass is 268 g/mol. The van der Waals surface area contributed by atoms with Crippen molar-refractivity contribution in [2.75, 3.05) is 5.32 Å². The van der Waals surface area contributed by atoms with Crippen LogP contribution in [0.3, 0.4) is 0 Å². The van der Waals surface area contributed by atoms with Gasteiger partial charge in [-0.1, -0.05) is 36.4 Å². The van der Waals surface area contributed by atoms with E-state index in [-0.39, 0.29) is 5.91 Å². The summed E-state index contributed by atoms with van der Waals surface area (Å²) >= 11 is 0. The van der Waals surface area contributed by atoms with Crippen LogP contribution in [0.2, 0.25) is 0 Å². The van der Waals surface area contributed by atoms with Gasteiger partial charge in [0, 0.05) is 5.69 Å². The van der Waals surface area contributed by atoms with Crippen molar-refractivity contribution < 1.29 is 4.79 Å². The molecule has 0 saturated carbocycles. The van der Waals surface area contributed by atoms with Gasteiger partial charge in [0.05, 0.1) is 0 Å². The lowest BCUT2D eigenvalue weighted by atomic mass is 9.92. The minimum Gasteiger partial charge on any atom is -0.324 e. The largest absolute Gasteiger partial charge is 0.324 e. The summed E-state index contributed by atoms with van der Waals surface area (Å²) in [5.74, 6) is -0.216. The van der Waals surface area contributed by atoms with E-state index in [2.05, 4.69) is 5.32 Å². The number of hydrogen-bond acceptors (Lipinski definition) is 2. The van der Waals surface area contributed by atoms with Gasteiger partial charge in [0.15, 0.2) is 0 Å². The van der Waals surface area contributed by atoms with Gasteiger partial charge in [-0.25, -0.2) is 0 Å². The maximum absolute atomic E-state index is 12.4. The van der Waals surface area contributed by atoms with Gasteiger partial charge in [-0.15, -0.1) is 0 Å². The molecule has 104 valence electrons. The Labute approximate surface area is 119 Å². The first-order valence-electron chi connectivity index (χ1n) is 6.64. The molecule has 0 radical (unpaired) electrons. The Morgan fingerprint density at radius 2 is 1.70 bits per heavy atom. The van der Waals surface area contributed by atoms with Gasteiger partial charge in [-0.2, -0.15) is 0 Å². The van der Waals surface area contributed by atoms with Gasteiger partial charge < -0.3 is 11.1 Å². The van der Waals surface area contributed by atoms with Gasteiger partial charge in [0.1, 0.15) is 5.54 Å². The first kappa shape index (κ1) is 14.3. The van der Waals surface area contributed by atoms with E-state index in [1.807, 2.05) is 62.4 Å². The molecule has 2 rings (SSSR count). The number of nitrogens with one attached hydrogen (secondary N) is 1. The number of nitrogens with two attached hydrogens (primary N) is 1. The van der Waals surface area contributed by atoms with E-state index in [0.29, 0.717) is 0 Å². The summed E-state index contributed by atoms with van der Waals surface area (Å²) in [4.78, 5) is 12.4. The van der Waals surface area contributed by atoms with E-state index in [9.17, 15) is 4.79 Å². The first-order valence-corrected chi connectivity index (χ1v) is 6.64. The first-order chi connectivity index (χ1) is 9.41. The number of carbonyl (C=O) groups is 1. The third-order valence-electron chi connectivity index (χ3n) is 3.61. The molecule has 0 saturated heterocycles. The summed E-state index contributed by atoms with van der Waals surface area (Å²) in [5, 5.41) is 2.88. The summed E-state index contributed by atoms with van der Waals surface area (Å²) in [6.07, 6.45) is 0. The lowest BCUT2D eigenvalue weighted by Gasteiger charge is -2.24. The van der Waals surface area contributed by atoms with Crippen LogP contribution in [0.4, 0.5) is 5.69 Å². The molecule has 0 heterocycles. The smallest absolute Gasteiger partial charge is 0.248 e. The highest BCUT2D eigenvalue weighted by atomic mass is 16.2. The molecular formula is C17H20N2O. The lowest BCUT2D eigenvalue weighted by Crippen LogP contribution is -2.45. The quantitative estimate of drug-likeness (QED) is 0.898. The van der Waals surface area contributed by atoms with Crippen molar-refractivity contribution in [3.8, 4) is 0 Å². The van der Waals surface area contributed by atoms with Crippen LogP contribution in [0.5, 0.6) is 0 Å². The molecule has 0 aliphatic rings. The van der Waals surface area contributed by atoms with E-state index in [4.69, 9.17) is 5.73 Å². The zero-order valence-corrected chi connectivity index (χ0v) is 12.1. The topological polar surface area (TPSA) is 55.1 Å². The van der Waals surface area contributed by atoms with Gasteiger partial charge in [0.2, 0.25) is 5.91 Å². The van der Waals surface area contributed by atoms with Crippen LogP contribution in [0.15, 0.2) is 48.5 Å². The fourth-order valence-corrected chi connectivity index (χ4v) is 2.00. The molecule has 1 atom stereocenters. The highest BCUT2D eigenvalue weighted by molar-refractivity contribution is 5.98. The van der Waals surface area contributed by atoms with Crippen molar-refractivity contribution in [2.45, 2.75) is 26.3 Å². The summed E-state index contributed by atoms with van der Waals surface area (Å²) in [7, 11) is 0. The fraction of sp³-hybridized carbons (Fsp3) is 0.235. The number of hydrogen-bond donors (Lipinski definition) is 2. The Bertz CT molecular complexity index is 618. The molecular weight excluding hydrogens is 248 g/mol. The van der Waals surface area contributed by atoms with Crippen LogP contribution in [0, 0.1) is 13.8 Å². The Balaban J connectivity index is 2.21. The zero-order valence-electron chi connectivity index (χ0n) is 12.1. The molecule has 0 fully saturated rings. The molecule has 0 spiro atoms. The molecule has 1 unspecified atom stereocenters. The summed E-state index contributed by atoms with van der Waals surface area (Å²) in [6, 6.07) is 15.2. The molecule has 0 bridgehead atoms. The highest BCUT2D eigenvalue weighted by Gasteiger charge is 2.30. The minimum atomic E-state index is -1.06. The SMILES string of the molecule is Cc1ccc(NC(=O)C(C)(N)c2ccccc2)cc1C. The van der Waals surface area contributed by atoms with Crippen LogP contribution in [0.25, 0.3) is 0 Å². The Kier molecular flexibility index (Phi) is 3.91. The second kappa shape index (κ2) is 5.47. The third-order valence-corrected chi connectivity index (χ3v) is 3.61. The van der Waals surface area contributed by atoms with E-state index in [0.717, 1.165) is 16.8 Å². The summed E-state index contributed by atoms with van der Waals surface area (Å²) in [6.45, 7) is 5.78. The van der Waals surface area contributed by atoms with Gasteiger partial charge in [0.25, 0.3) is 0 Å². The van der Waals surface area contributed by atoms with Crippen LogP contribution in [-0.2, 0) is 10.3 Å². The van der Waals surface area contributed by atoms with Crippen LogP contribution in [0.1, 0.15) is 23.6 Å². The maximum atomic E-state index is 12.4. The van der Waals surface area contributed by atoms with Crippen LogP contribution < -0.4 is 11.1 Å². The molecule has 2 aromatic rings. The molecule has 20 heavy (non-hydrogen) atoms. The minimum absolute atomic E-state index is 0.216. The molecule has 3 heteroatoms. The summed E-state index contributed by atoms with van der Waals surface area (Å²) in [5.41, 5.74) is 9.03. The average molecular weight is 268 g/mol. The van der Waals surface area contributed by atoms with Crippen molar-refractivity contribution >= 4 is 11.6 Å². The normalized spacial score (nSPS) is 13.6. The van der Waals surface area contributed by atoms with Crippen molar-refractivity contribution in [1.82, 2.24) is 0 Å². The van der Waals surface area contributed by atoms with E-state index >= 15 is 0 Å². The number of benzene rings is 2. The van der Waals surface area contributed by atoms with E-state index in [1.165, 1.54) is 5.56 Å². The Hall–Kier alpha value is -2.13. The average Bonchev–Trinajstić information content (AvgIpc) is 2.44. The number of amides is 1. The van der Waals surface area contributed by atoms with E-state index in [1.54, 1.807) is 6.92 Å². The van der Waals surface area contributed by atoms with Crippen molar-refractivity contribution in [3.63, 3.8) is 0 Å². The number of aryl methyl sites for hydroxylation is 2. The molecule has 0 aliphatic heterocycles. The zero-order chi connectivity index (χ0) is 14.8. The maximum Gasteiger partial charge on any atom is 0.248 e. The number of carbonyl (C=O) groups excluding carboxylic acids is 1. The number of anilines is 1. The Morgan fingerprint density at radius 1 is 1.05 bits per heavy atom. The second-order valence-electron chi connectivity index (χ2n) is 5.32. The molecule has 3 N–H and O–H groups in total. The molecule has 1 amide bonds. The fourth-order valence-electron chi connectivity index (χ4n) is 2.00. The highest BCUT2D eigenvalue weighted by Crippen LogP contribution is 2.21. The second-order valence-corrected chi connectivity index (χ2v) is 5.32. The molecule has 3 nitrogen and oxygen atoms in total. The van der Waals surface area contributed by atoms with Gasteiger partial charge in [-0.05, 0) is 49.6 Å². The molecule has 0 aliphatic carbocycles. The van der Waals surface area contributed by atoms with Crippen molar-refractivity contribution in [1.29, 1.82) is 0 Å². The van der Waals surface area contributed by atoms with Crippen molar-refractivity contribution in [2.24, 2.45) is 5.73 Å². The molecule has 0 aromatic heterocycles. The standard InChI is InChI=1S/C17H20N2O/c1-12-9-10-15(11-13(12)2)19-16(20)17(3,18)14-7-5-4-6-8-14/h4-11H,18H2,1-3H3,(H,19,20). The van der Waals surface area contributed by atoms with Crippen LogP contribution >= 0.6 is 0 Å². The van der Waals surface area contributed by atoms with Crippen LogP contribution in [-0.4, -0.2) is 5.91 Å². The van der Waals surface area contributed by atoms with Gasteiger partial charge >= 0.3 is 0 Å².